The summed E-state index contributed by atoms with van der Waals surface area (Å²) in [6.07, 6.45) is 2.58. The van der Waals surface area contributed by atoms with Crippen molar-refractivity contribution in [3.63, 3.8) is 0 Å². The van der Waals surface area contributed by atoms with Crippen LogP contribution in [0, 0.1) is 12.8 Å². The van der Waals surface area contributed by atoms with Gasteiger partial charge in [0, 0.05) is 25.2 Å². The third kappa shape index (κ3) is 5.71. The number of likely N-dealkylation sites (tertiary alicyclic amines) is 1. The van der Waals surface area contributed by atoms with Gasteiger partial charge in [-0.25, -0.2) is 4.99 Å². The molecule has 24 heavy (non-hydrogen) atoms. The molecule has 1 unspecified atom stereocenters. The van der Waals surface area contributed by atoms with Crippen LogP contribution in [0.25, 0.3) is 0 Å². The monoisotopic (exact) mass is 332 g/mol. The van der Waals surface area contributed by atoms with E-state index in [2.05, 4.69) is 54.6 Å². The van der Waals surface area contributed by atoms with Gasteiger partial charge in [0.15, 0.2) is 5.96 Å². The average molecular weight is 332 g/mol. The van der Waals surface area contributed by atoms with E-state index in [1.54, 1.807) is 7.11 Å². The van der Waals surface area contributed by atoms with E-state index >= 15 is 0 Å². The number of nitrogens with one attached hydrogen (secondary N) is 2. The van der Waals surface area contributed by atoms with Crippen molar-refractivity contribution >= 4 is 5.96 Å². The number of guanidine groups is 1. The predicted octanol–water partition coefficient (Wildman–Crippen LogP) is 2.40. The lowest BCUT2D eigenvalue weighted by Gasteiger charge is -2.30. The molecule has 1 fully saturated rings. The van der Waals surface area contributed by atoms with Crippen LogP contribution in [0.15, 0.2) is 23.2 Å². The number of benzene rings is 1. The second-order valence-electron chi connectivity index (χ2n) is 6.66. The van der Waals surface area contributed by atoms with Crippen molar-refractivity contribution in [3.05, 3.63) is 29.3 Å². The standard InChI is InChI=1S/C19H32N4O/c1-5-20-19(21-12-16-7-6-10-23(3)14-16)22-13-17-9-8-15(2)11-18(17)24-4/h8-9,11,16H,5-7,10,12-14H2,1-4H3,(H2,20,21,22). The molecule has 1 atom stereocenters. The number of hydrogen-bond donors (Lipinski definition) is 2. The quantitative estimate of drug-likeness (QED) is 0.620. The summed E-state index contributed by atoms with van der Waals surface area (Å²) in [5.41, 5.74) is 2.31. The smallest absolute Gasteiger partial charge is 0.191 e. The van der Waals surface area contributed by atoms with Gasteiger partial charge >= 0.3 is 0 Å². The van der Waals surface area contributed by atoms with E-state index in [4.69, 9.17) is 9.73 Å². The van der Waals surface area contributed by atoms with Gasteiger partial charge in [0.2, 0.25) is 0 Å². The van der Waals surface area contributed by atoms with Crippen molar-refractivity contribution < 1.29 is 4.74 Å². The minimum absolute atomic E-state index is 0.614. The molecule has 1 aromatic carbocycles. The number of nitrogens with zero attached hydrogens (tertiary/aromatic N) is 2. The Labute approximate surface area is 146 Å². The van der Waals surface area contributed by atoms with Crippen molar-refractivity contribution in [1.82, 2.24) is 15.5 Å². The zero-order chi connectivity index (χ0) is 17.4. The summed E-state index contributed by atoms with van der Waals surface area (Å²) in [6, 6.07) is 6.26. The first-order valence-corrected chi connectivity index (χ1v) is 8.96. The molecule has 5 nitrogen and oxygen atoms in total. The minimum Gasteiger partial charge on any atom is -0.496 e. The second-order valence-corrected chi connectivity index (χ2v) is 6.66. The lowest BCUT2D eigenvalue weighted by atomic mass is 9.99. The van der Waals surface area contributed by atoms with Crippen molar-refractivity contribution in [1.29, 1.82) is 0 Å². The first-order valence-electron chi connectivity index (χ1n) is 8.96. The average Bonchev–Trinajstić information content (AvgIpc) is 2.58. The molecule has 0 aromatic heterocycles. The number of hydrogen-bond acceptors (Lipinski definition) is 3. The highest BCUT2D eigenvalue weighted by atomic mass is 16.5. The Kier molecular flexibility index (Phi) is 7.37. The molecule has 0 radical (unpaired) electrons. The van der Waals surface area contributed by atoms with Crippen molar-refractivity contribution in [2.24, 2.45) is 10.9 Å². The van der Waals surface area contributed by atoms with E-state index in [-0.39, 0.29) is 0 Å². The molecule has 0 saturated carbocycles. The SMILES string of the molecule is CCNC(=NCc1ccc(C)cc1OC)NCC1CCCN(C)C1. The van der Waals surface area contributed by atoms with Crippen molar-refractivity contribution in [2.45, 2.75) is 33.2 Å². The summed E-state index contributed by atoms with van der Waals surface area (Å²) in [5.74, 6) is 2.48. The summed E-state index contributed by atoms with van der Waals surface area (Å²) in [5, 5.41) is 6.84. The topological polar surface area (TPSA) is 48.9 Å². The van der Waals surface area contributed by atoms with Gasteiger partial charge < -0.3 is 20.3 Å². The van der Waals surface area contributed by atoms with Crippen LogP contribution in [-0.2, 0) is 6.54 Å². The summed E-state index contributed by atoms with van der Waals surface area (Å²) >= 11 is 0. The molecule has 0 bridgehead atoms. The molecule has 1 aromatic rings. The van der Waals surface area contributed by atoms with E-state index < -0.39 is 0 Å². The molecule has 0 aliphatic carbocycles. The Morgan fingerprint density at radius 1 is 1.38 bits per heavy atom. The zero-order valence-corrected chi connectivity index (χ0v) is 15.6. The third-order valence-electron chi connectivity index (χ3n) is 4.47. The zero-order valence-electron chi connectivity index (χ0n) is 15.6. The van der Waals surface area contributed by atoms with Crippen molar-refractivity contribution in [3.8, 4) is 5.75 Å². The molecular formula is C19H32N4O. The Morgan fingerprint density at radius 2 is 2.21 bits per heavy atom. The minimum atomic E-state index is 0.614. The summed E-state index contributed by atoms with van der Waals surface area (Å²) in [7, 11) is 3.92. The normalized spacial score (nSPS) is 19.2. The molecule has 0 amide bonds. The molecule has 1 aliphatic rings. The van der Waals surface area contributed by atoms with E-state index in [0.717, 1.165) is 36.9 Å². The van der Waals surface area contributed by atoms with Gasteiger partial charge in [-0.3, -0.25) is 0 Å². The number of rotatable bonds is 6. The number of aryl methyl sites for hydroxylation is 1. The Balaban J connectivity index is 1.95. The lowest BCUT2D eigenvalue weighted by Crippen LogP contribution is -2.43. The number of piperidine rings is 1. The van der Waals surface area contributed by atoms with E-state index in [0.29, 0.717) is 12.5 Å². The maximum Gasteiger partial charge on any atom is 0.191 e. The Hall–Kier alpha value is -1.75. The van der Waals surface area contributed by atoms with Gasteiger partial charge in [0.25, 0.3) is 0 Å². The van der Waals surface area contributed by atoms with Gasteiger partial charge in [-0.15, -0.1) is 0 Å². The predicted molar refractivity (Wildman–Crippen MR) is 101 cm³/mol. The number of ether oxygens (including phenoxy) is 1. The van der Waals surface area contributed by atoms with Crippen LogP contribution in [0.1, 0.15) is 30.9 Å². The molecule has 134 valence electrons. The highest BCUT2D eigenvalue weighted by Crippen LogP contribution is 2.20. The van der Waals surface area contributed by atoms with E-state index in [1.165, 1.54) is 24.9 Å². The van der Waals surface area contributed by atoms with E-state index in [1.807, 2.05) is 0 Å². The van der Waals surface area contributed by atoms with Gasteiger partial charge in [0.1, 0.15) is 5.75 Å². The first kappa shape index (κ1) is 18.6. The maximum absolute atomic E-state index is 5.47. The molecule has 0 spiro atoms. The van der Waals surface area contributed by atoms with Crippen LogP contribution in [-0.4, -0.2) is 51.2 Å². The summed E-state index contributed by atoms with van der Waals surface area (Å²) in [4.78, 5) is 7.14. The summed E-state index contributed by atoms with van der Waals surface area (Å²) in [6.45, 7) is 9.00. The van der Waals surface area contributed by atoms with Crippen LogP contribution in [0.4, 0.5) is 0 Å². The molecule has 2 N–H and O–H groups in total. The van der Waals surface area contributed by atoms with Crippen LogP contribution in [0.5, 0.6) is 5.75 Å². The fourth-order valence-corrected chi connectivity index (χ4v) is 3.17. The molecule has 1 saturated heterocycles. The molecular weight excluding hydrogens is 300 g/mol. The highest BCUT2D eigenvalue weighted by molar-refractivity contribution is 5.79. The summed E-state index contributed by atoms with van der Waals surface area (Å²) < 4.78 is 5.47. The van der Waals surface area contributed by atoms with Gasteiger partial charge in [-0.1, -0.05) is 12.1 Å². The van der Waals surface area contributed by atoms with Crippen LogP contribution in [0.2, 0.25) is 0 Å². The molecule has 2 rings (SSSR count). The second kappa shape index (κ2) is 9.52. The number of aliphatic imine (C=N–C) groups is 1. The van der Waals surface area contributed by atoms with Gasteiger partial charge in [-0.2, -0.15) is 0 Å². The van der Waals surface area contributed by atoms with Crippen LogP contribution < -0.4 is 15.4 Å². The third-order valence-corrected chi connectivity index (χ3v) is 4.47. The Morgan fingerprint density at radius 3 is 2.92 bits per heavy atom. The maximum atomic E-state index is 5.47. The number of methoxy groups -OCH3 is 1. The van der Waals surface area contributed by atoms with Gasteiger partial charge in [-0.05, 0) is 57.8 Å². The van der Waals surface area contributed by atoms with Gasteiger partial charge in [0.05, 0.1) is 13.7 Å². The van der Waals surface area contributed by atoms with Crippen LogP contribution in [0.3, 0.4) is 0 Å². The Bertz CT molecular complexity index is 544. The van der Waals surface area contributed by atoms with Crippen molar-refractivity contribution in [2.75, 3.05) is 40.3 Å². The van der Waals surface area contributed by atoms with E-state index in [9.17, 15) is 0 Å². The largest absolute Gasteiger partial charge is 0.496 e. The fourth-order valence-electron chi connectivity index (χ4n) is 3.17. The molecule has 1 aliphatic heterocycles. The molecule has 5 heteroatoms. The fraction of sp³-hybridized carbons (Fsp3) is 0.632. The molecule has 1 heterocycles. The first-order chi connectivity index (χ1) is 11.6. The highest BCUT2D eigenvalue weighted by Gasteiger charge is 2.17. The van der Waals surface area contributed by atoms with Crippen LogP contribution >= 0.6 is 0 Å². The lowest BCUT2D eigenvalue weighted by molar-refractivity contribution is 0.210.